The first kappa shape index (κ1) is 12.8. The molecule has 2 atom stereocenters. The lowest BCUT2D eigenvalue weighted by Crippen LogP contribution is -2.19. The van der Waals surface area contributed by atoms with Crippen LogP contribution in [0.3, 0.4) is 0 Å². The number of carbonyl (C=O) groups is 1. The zero-order valence-electron chi connectivity index (χ0n) is 11.1. The van der Waals surface area contributed by atoms with Crippen molar-refractivity contribution in [1.82, 2.24) is 9.97 Å². The van der Waals surface area contributed by atoms with Gasteiger partial charge in [0.2, 0.25) is 0 Å². The van der Waals surface area contributed by atoms with Crippen LogP contribution in [0.25, 0.3) is 0 Å². The van der Waals surface area contributed by atoms with Crippen molar-refractivity contribution in [2.75, 3.05) is 12.4 Å². The molecule has 0 bridgehead atoms. The predicted octanol–water partition coefficient (Wildman–Crippen LogP) is 1.85. The second-order valence-corrected chi connectivity index (χ2v) is 4.82. The highest BCUT2D eigenvalue weighted by atomic mass is 16.5. The molecule has 5 nitrogen and oxygen atoms in total. The monoisotopic (exact) mass is 249 g/mol. The standard InChI is InChI=1S/C13H19N3O2/c1-8-6-12(15-9(2)14-8)16-11-5-4-10(7-11)13(17)18-3/h6,10-11H,4-5,7H2,1-3H3,(H,14,15,16)/t10-,11+/m0/s1. The Hall–Kier alpha value is -1.65. The van der Waals surface area contributed by atoms with Gasteiger partial charge >= 0.3 is 5.97 Å². The summed E-state index contributed by atoms with van der Waals surface area (Å²) in [5.74, 6) is 1.53. The average molecular weight is 249 g/mol. The zero-order chi connectivity index (χ0) is 13.1. The number of aromatic nitrogens is 2. The van der Waals surface area contributed by atoms with Crippen LogP contribution in [0.2, 0.25) is 0 Å². The fourth-order valence-corrected chi connectivity index (χ4v) is 2.49. The molecule has 0 aliphatic heterocycles. The Morgan fingerprint density at radius 1 is 1.39 bits per heavy atom. The van der Waals surface area contributed by atoms with Crippen LogP contribution in [-0.2, 0) is 9.53 Å². The van der Waals surface area contributed by atoms with Crippen LogP contribution in [0.4, 0.5) is 5.82 Å². The molecule has 0 saturated heterocycles. The molecule has 1 aromatic rings. The summed E-state index contributed by atoms with van der Waals surface area (Å²) in [5, 5.41) is 3.37. The number of ether oxygens (including phenoxy) is 1. The number of nitrogens with zero attached hydrogens (tertiary/aromatic N) is 2. The van der Waals surface area contributed by atoms with Crippen molar-refractivity contribution in [1.29, 1.82) is 0 Å². The van der Waals surface area contributed by atoms with Crippen LogP contribution in [0.1, 0.15) is 30.8 Å². The second-order valence-electron chi connectivity index (χ2n) is 4.82. The molecule has 0 amide bonds. The maximum absolute atomic E-state index is 11.4. The van der Waals surface area contributed by atoms with E-state index in [1.165, 1.54) is 7.11 Å². The SMILES string of the molecule is COC(=O)[C@H]1CC[C@@H](Nc2cc(C)nc(C)n2)C1. The summed E-state index contributed by atoms with van der Waals surface area (Å²) >= 11 is 0. The molecule has 1 aliphatic rings. The number of hydrogen-bond acceptors (Lipinski definition) is 5. The molecule has 18 heavy (non-hydrogen) atoms. The van der Waals surface area contributed by atoms with E-state index in [2.05, 4.69) is 15.3 Å². The number of anilines is 1. The smallest absolute Gasteiger partial charge is 0.308 e. The van der Waals surface area contributed by atoms with Crippen molar-refractivity contribution in [3.05, 3.63) is 17.6 Å². The van der Waals surface area contributed by atoms with Crippen LogP contribution in [-0.4, -0.2) is 29.1 Å². The number of aryl methyl sites for hydroxylation is 2. The molecule has 98 valence electrons. The maximum atomic E-state index is 11.4. The minimum Gasteiger partial charge on any atom is -0.469 e. The topological polar surface area (TPSA) is 64.1 Å². The van der Waals surface area contributed by atoms with Gasteiger partial charge in [0.25, 0.3) is 0 Å². The van der Waals surface area contributed by atoms with Gasteiger partial charge in [0.05, 0.1) is 13.0 Å². The number of nitrogens with one attached hydrogen (secondary N) is 1. The summed E-state index contributed by atoms with van der Waals surface area (Å²) < 4.78 is 4.78. The van der Waals surface area contributed by atoms with Gasteiger partial charge in [-0.1, -0.05) is 0 Å². The van der Waals surface area contributed by atoms with Crippen molar-refractivity contribution in [2.24, 2.45) is 5.92 Å². The molecule has 1 heterocycles. The third-order valence-electron chi connectivity index (χ3n) is 3.29. The Morgan fingerprint density at radius 3 is 2.83 bits per heavy atom. The van der Waals surface area contributed by atoms with Crippen LogP contribution in [0.15, 0.2) is 6.07 Å². The van der Waals surface area contributed by atoms with Gasteiger partial charge in [0.15, 0.2) is 0 Å². The fraction of sp³-hybridized carbons (Fsp3) is 0.615. The summed E-state index contributed by atoms with van der Waals surface area (Å²) in [6.45, 7) is 3.83. The van der Waals surface area contributed by atoms with Gasteiger partial charge in [-0.3, -0.25) is 4.79 Å². The lowest BCUT2D eigenvalue weighted by Gasteiger charge is -2.14. The molecule has 2 rings (SSSR count). The average Bonchev–Trinajstić information content (AvgIpc) is 2.75. The molecular formula is C13H19N3O2. The van der Waals surface area contributed by atoms with Crippen molar-refractivity contribution >= 4 is 11.8 Å². The number of methoxy groups -OCH3 is 1. The lowest BCUT2D eigenvalue weighted by molar-refractivity contribution is -0.145. The Bertz CT molecular complexity index is 428. The van der Waals surface area contributed by atoms with E-state index in [1.807, 2.05) is 19.9 Å². The maximum Gasteiger partial charge on any atom is 0.308 e. The Morgan fingerprint density at radius 2 is 2.17 bits per heavy atom. The first-order valence-corrected chi connectivity index (χ1v) is 6.25. The highest BCUT2D eigenvalue weighted by molar-refractivity contribution is 5.72. The van der Waals surface area contributed by atoms with Crippen LogP contribution < -0.4 is 5.32 Å². The van der Waals surface area contributed by atoms with Gasteiger partial charge in [-0.15, -0.1) is 0 Å². The molecule has 0 spiro atoms. The van der Waals surface area contributed by atoms with E-state index in [0.29, 0.717) is 6.04 Å². The van der Waals surface area contributed by atoms with E-state index in [0.717, 1.165) is 36.6 Å². The van der Waals surface area contributed by atoms with E-state index in [-0.39, 0.29) is 11.9 Å². The largest absolute Gasteiger partial charge is 0.469 e. The molecule has 0 radical (unpaired) electrons. The van der Waals surface area contributed by atoms with Crippen molar-refractivity contribution < 1.29 is 9.53 Å². The molecule has 1 N–H and O–H groups in total. The highest BCUT2D eigenvalue weighted by Crippen LogP contribution is 2.28. The summed E-state index contributed by atoms with van der Waals surface area (Å²) in [6, 6.07) is 2.22. The third kappa shape index (κ3) is 2.97. The molecule has 1 saturated carbocycles. The van der Waals surface area contributed by atoms with Crippen molar-refractivity contribution in [3.8, 4) is 0 Å². The Labute approximate surface area is 107 Å². The normalized spacial score (nSPS) is 22.8. The number of carbonyl (C=O) groups excluding carboxylic acids is 1. The van der Waals surface area contributed by atoms with E-state index in [4.69, 9.17) is 4.74 Å². The first-order chi connectivity index (χ1) is 8.58. The lowest BCUT2D eigenvalue weighted by atomic mass is 10.1. The minimum absolute atomic E-state index is 0.0246. The van der Waals surface area contributed by atoms with Gasteiger partial charge in [0.1, 0.15) is 11.6 Å². The van der Waals surface area contributed by atoms with E-state index >= 15 is 0 Å². The molecule has 0 aromatic carbocycles. The van der Waals surface area contributed by atoms with Gasteiger partial charge in [-0.05, 0) is 33.1 Å². The summed E-state index contributed by atoms with van der Waals surface area (Å²) in [5.41, 5.74) is 0.951. The van der Waals surface area contributed by atoms with Crippen molar-refractivity contribution in [2.45, 2.75) is 39.2 Å². The fourth-order valence-electron chi connectivity index (χ4n) is 2.49. The van der Waals surface area contributed by atoms with E-state index in [1.54, 1.807) is 0 Å². The zero-order valence-corrected chi connectivity index (χ0v) is 11.1. The van der Waals surface area contributed by atoms with Crippen LogP contribution in [0, 0.1) is 19.8 Å². The molecule has 1 aromatic heterocycles. The molecule has 0 unspecified atom stereocenters. The van der Waals surface area contributed by atoms with Gasteiger partial charge < -0.3 is 10.1 Å². The molecule has 5 heteroatoms. The van der Waals surface area contributed by atoms with Crippen LogP contribution >= 0.6 is 0 Å². The quantitative estimate of drug-likeness (QED) is 0.828. The summed E-state index contributed by atoms with van der Waals surface area (Å²) in [4.78, 5) is 20.0. The minimum atomic E-state index is -0.102. The molecule has 1 aliphatic carbocycles. The molecular weight excluding hydrogens is 230 g/mol. The molecule has 1 fully saturated rings. The summed E-state index contributed by atoms with van der Waals surface area (Å²) in [6.07, 6.45) is 2.67. The summed E-state index contributed by atoms with van der Waals surface area (Å²) in [7, 11) is 1.44. The van der Waals surface area contributed by atoms with Gasteiger partial charge in [0, 0.05) is 17.8 Å². The Balaban J connectivity index is 1.97. The number of hydrogen-bond donors (Lipinski definition) is 1. The van der Waals surface area contributed by atoms with E-state index < -0.39 is 0 Å². The van der Waals surface area contributed by atoms with Gasteiger partial charge in [-0.25, -0.2) is 9.97 Å². The number of esters is 1. The number of rotatable bonds is 3. The van der Waals surface area contributed by atoms with Crippen molar-refractivity contribution in [3.63, 3.8) is 0 Å². The predicted molar refractivity (Wildman–Crippen MR) is 68.3 cm³/mol. The Kier molecular flexibility index (Phi) is 3.79. The first-order valence-electron chi connectivity index (χ1n) is 6.25. The highest BCUT2D eigenvalue weighted by Gasteiger charge is 2.30. The third-order valence-corrected chi connectivity index (χ3v) is 3.29. The van der Waals surface area contributed by atoms with Gasteiger partial charge in [-0.2, -0.15) is 0 Å². The van der Waals surface area contributed by atoms with E-state index in [9.17, 15) is 4.79 Å². The van der Waals surface area contributed by atoms with Crippen LogP contribution in [0.5, 0.6) is 0 Å². The second kappa shape index (κ2) is 5.33.